The molecule has 4 nitrogen and oxygen atoms in total. The van der Waals surface area contributed by atoms with Crippen LogP contribution in [0.3, 0.4) is 0 Å². The Bertz CT molecular complexity index is 720. The standard InChI is InChI=1S/C19H22N2O2/c1-2-5-14(4-1)15-10-18-17(6-3-7-21-18)19(11-15)23-13-16-12-20-8-9-22-16/h3-4,6-7,10-11,16,20H,1-2,5,8-9,12-13H2/t16-/m0/s1. The van der Waals surface area contributed by atoms with Crippen molar-refractivity contribution in [2.24, 2.45) is 0 Å². The van der Waals surface area contributed by atoms with Crippen molar-refractivity contribution in [2.45, 2.75) is 25.4 Å². The Kier molecular flexibility index (Phi) is 4.26. The van der Waals surface area contributed by atoms with Gasteiger partial charge in [0.1, 0.15) is 18.5 Å². The highest BCUT2D eigenvalue weighted by Gasteiger charge is 2.16. The van der Waals surface area contributed by atoms with Gasteiger partial charge in [-0.15, -0.1) is 0 Å². The van der Waals surface area contributed by atoms with Crippen LogP contribution in [0, 0.1) is 0 Å². The summed E-state index contributed by atoms with van der Waals surface area (Å²) in [5.74, 6) is 0.910. The molecule has 120 valence electrons. The van der Waals surface area contributed by atoms with E-state index in [9.17, 15) is 0 Å². The predicted molar refractivity (Wildman–Crippen MR) is 91.7 cm³/mol. The number of ether oxygens (including phenoxy) is 2. The van der Waals surface area contributed by atoms with E-state index in [0.717, 1.165) is 42.8 Å². The molecule has 1 saturated heterocycles. The molecule has 0 amide bonds. The molecular formula is C19H22N2O2. The number of hydrogen-bond acceptors (Lipinski definition) is 4. The summed E-state index contributed by atoms with van der Waals surface area (Å²) in [5.41, 5.74) is 3.65. The van der Waals surface area contributed by atoms with E-state index >= 15 is 0 Å². The van der Waals surface area contributed by atoms with E-state index in [1.807, 2.05) is 12.3 Å². The molecule has 0 radical (unpaired) electrons. The van der Waals surface area contributed by atoms with Gasteiger partial charge in [-0.25, -0.2) is 0 Å². The first-order valence-corrected chi connectivity index (χ1v) is 8.43. The molecule has 0 spiro atoms. The lowest BCUT2D eigenvalue weighted by Gasteiger charge is -2.24. The van der Waals surface area contributed by atoms with Gasteiger partial charge in [0.15, 0.2) is 0 Å². The Hall–Kier alpha value is -1.91. The second kappa shape index (κ2) is 6.69. The highest BCUT2D eigenvalue weighted by atomic mass is 16.5. The number of benzene rings is 1. The molecule has 0 saturated carbocycles. The lowest BCUT2D eigenvalue weighted by Crippen LogP contribution is -2.41. The summed E-state index contributed by atoms with van der Waals surface area (Å²) >= 11 is 0. The Morgan fingerprint density at radius 3 is 3.17 bits per heavy atom. The van der Waals surface area contributed by atoms with Crippen LogP contribution in [0.25, 0.3) is 16.5 Å². The van der Waals surface area contributed by atoms with Gasteiger partial charge in [-0.2, -0.15) is 0 Å². The molecule has 1 aliphatic carbocycles. The van der Waals surface area contributed by atoms with Gasteiger partial charge >= 0.3 is 0 Å². The monoisotopic (exact) mass is 310 g/mol. The minimum atomic E-state index is 0.116. The van der Waals surface area contributed by atoms with E-state index in [2.05, 4.69) is 34.6 Å². The third kappa shape index (κ3) is 3.23. The first-order valence-electron chi connectivity index (χ1n) is 8.43. The maximum absolute atomic E-state index is 6.13. The van der Waals surface area contributed by atoms with Gasteiger partial charge in [-0.3, -0.25) is 4.98 Å². The smallest absolute Gasteiger partial charge is 0.129 e. The van der Waals surface area contributed by atoms with Gasteiger partial charge in [-0.05, 0) is 54.7 Å². The third-order valence-corrected chi connectivity index (χ3v) is 4.52. The summed E-state index contributed by atoms with van der Waals surface area (Å²) in [5, 5.41) is 4.41. The van der Waals surface area contributed by atoms with Gasteiger partial charge in [-0.1, -0.05) is 6.08 Å². The van der Waals surface area contributed by atoms with Crippen LogP contribution in [0.5, 0.6) is 5.75 Å². The fourth-order valence-corrected chi connectivity index (χ4v) is 3.30. The topological polar surface area (TPSA) is 43.4 Å². The van der Waals surface area contributed by atoms with E-state index in [-0.39, 0.29) is 6.10 Å². The van der Waals surface area contributed by atoms with Gasteiger partial charge in [0, 0.05) is 24.7 Å². The van der Waals surface area contributed by atoms with Crippen LogP contribution in [-0.4, -0.2) is 37.4 Å². The second-order valence-electron chi connectivity index (χ2n) is 6.17. The van der Waals surface area contributed by atoms with Crippen molar-refractivity contribution >= 4 is 16.5 Å². The maximum atomic E-state index is 6.13. The number of hydrogen-bond donors (Lipinski definition) is 1. The molecule has 1 N–H and O–H groups in total. The molecule has 23 heavy (non-hydrogen) atoms. The van der Waals surface area contributed by atoms with Gasteiger partial charge < -0.3 is 14.8 Å². The number of nitrogens with zero attached hydrogens (tertiary/aromatic N) is 1. The number of pyridine rings is 1. The molecule has 1 aromatic carbocycles. The summed E-state index contributed by atoms with van der Waals surface area (Å²) in [6.07, 6.45) is 7.85. The van der Waals surface area contributed by atoms with Crippen molar-refractivity contribution in [3.63, 3.8) is 0 Å². The SMILES string of the molecule is C1=C(c2cc(OC[C@@H]3CNCCO3)c3cccnc3c2)CCC1. The Balaban J connectivity index is 1.63. The van der Waals surface area contributed by atoms with E-state index in [1.54, 1.807) is 0 Å². The van der Waals surface area contributed by atoms with Crippen LogP contribution >= 0.6 is 0 Å². The fourth-order valence-electron chi connectivity index (χ4n) is 3.30. The first kappa shape index (κ1) is 14.7. The highest BCUT2D eigenvalue weighted by molar-refractivity contribution is 5.89. The Morgan fingerprint density at radius 1 is 1.35 bits per heavy atom. The molecule has 4 heteroatoms. The largest absolute Gasteiger partial charge is 0.490 e. The van der Waals surface area contributed by atoms with Crippen LogP contribution < -0.4 is 10.1 Å². The number of fused-ring (bicyclic) bond motifs is 1. The zero-order valence-corrected chi connectivity index (χ0v) is 13.3. The highest BCUT2D eigenvalue weighted by Crippen LogP contribution is 2.34. The van der Waals surface area contributed by atoms with Crippen LogP contribution in [0.1, 0.15) is 24.8 Å². The van der Waals surface area contributed by atoms with Crippen LogP contribution in [0.2, 0.25) is 0 Å². The quantitative estimate of drug-likeness (QED) is 0.942. The lowest BCUT2D eigenvalue weighted by molar-refractivity contribution is 0.000506. The van der Waals surface area contributed by atoms with Gasteiger partial charge in [0.25, 0.3) is 0 Å². The predicted octanol–water partition coefficient (Wildman–Crippen LogP) is 3.17. The molecule has 4 rings (SSSR count). The van der Waals surface area contributed by atoms with Crippen molar-refractivity contribution in [1.29, 1.82) is 0 Å². The molecule has 0 bridgehead atoms. The molecule has 1 aliphatic heterocycles. The second-order valence-corrected chi connectivity index (χ2v) is 6.17. The molecule has 1 fully saturated rings. The lowest BCUT2D eigenvalue weighted by atomic mass is 10.0. The first-order chi connectivity index (χ1) is 11.4. The van der Waals surface area contributed by atoms with E-state index in [0.29, 0.717) is 6.61 Å². The molecule has 2 aliphatic rings. The Labute approximate surface area is 136 Å². The van der Waals surface area contributed by atoms with Crippen LogP contribution in [0.15, 0.2) is 36.5 Å². The molecule has 1 atom stereocenters. The number of rotatable bonds is 4. The van der Waals surface area contributed by atoms with Crippen LogP contribution in [-0.2, 0) is 4.74 Å². The molecule has 2 heterocycles. The van der Waals surface area contributed by atoms with Crippen LogP contribution in [0.4, 0.5) is 0 Å². The summed E-state index contributed by atoms with van der Waals surface area (Å²) in [6, 6.07) is 8.38. The van der Waals surface area contributed by atoms with E-state index in [4.69, 9.17) is 9.47 Å². The number of morpholine rings is 1. The molecular weight excluding hydrogens is 288 g/mol. The maximum Gasteiger partial charge on any atom is 0.129 e. The molecule has 2 aromatic rings. The van der Waals surface area contributed by atoms with E-state index < -0.39 is 0 Å². The number of nitrogens with one attached hydrogen (secondary N) is 1. The summed E-state index contributed by atoms with van der Waals surface area (Å²) < 4.78 is 11.9. The average Bonchev–Trinajstić information content (AvgIpc) is 3.15. The molecule has 1 aromatic heterocycles. The zero-order chi connectivity index (χ0) is 15.5. The minimum Gasteiger partial charge on any atom is -0.490 e. The average molecular weight is 310 g/mol. The van der Waals surface area contributed by atoms with Gasteiger partial charge in [0.05, 0.1) is 12.1 Å². The zero-order valence-electron chi connectivity index (χ0n) is 13.3. The van der Waals surface area contributed by atoms with Crippen molar-refractivity contribution in [2.75, 3.05) is 26.3 Å². The normalized spacial score (nSPS) is 21.4. The summed E-state index contributed by atoms with van der Waals surface area (Å²) in [6.45, 7) is 3.09. The summed E-state index contributed by atoms with van der Waals surface area (Å²) in [4.78, 5) is 4.52. The number of allylic oxidation sites excluding steroid dienone is 2. The van der Waals surface area contributed by atoms with E-state index in [1.165, 1.54) is 24.0 Å². The van der Waals surface area contributed by atoms with Crippen molar-refractivity contribution in [3.8, 4) is 5.75 Å². The third-order valence-electron chi connectivity index (χ3n) is 4.52. The number of aromatic nitrogens is 1. The summed E-state index contributed by atoms with van der Waals surface area (Å²) in [7, 11) is 0. The van der Waals surface area contributed by atoms with Gasteiger partial charge in [0.2, 0.25) is 0 Å². The van der Waals surface area contributed by atoms with Crippen molar-refractivity contribution in [3.05, 3.63) is 42.1 Å². The fraction of sp³-hybridized carbons (Fsp3) is 0.421. The molecule has 0 unspecified atom stereocenters. The van der Waals surface area contributed by atoms with Crippen molar-refractivity contribution in [1.82, 2.24) is 10.3 Å². The Morgan fingerprint density at radius 2 is 2.35 bits per heavy atom. The minimum absolute atomic E-state index is 0.116. The van der Waals surface area contributed by atoms with Crippen molar-refractivity contribution < 1.29 is 9.47 Å².